The molecule has 162 valence electrons. The number of piperazine rings is 1. The second-order valence-corrected chi connectivity index (χ2v) is 7.81. The molecule has 1 aliphatic heterocycles. The molecule has 1 aliphatic rings. The molecule has 0 radical (unpaired) electrons. The fraction of sp³-hybridized carbons (Fsp3) is 0.348. The molecule has 31 heavy (non-hydrogen) atoms. The largest absolute Gasteiger partial charge is 0.507 e. The van der Waals surface area contributed by atoms with E-state index in [1.165, 1.54) is 6.20 Å². The van der Waals surface area contributed by atoms with E-state index < -0.39 is 0 Å². The highest BCUT2D eigenvalue weighted by molar-refractivity contribution is 5.74. The van der Waals surface area contributed by atoms with Crippen molar-refractivity contribution in [1.29, 1.82) is 0 Å². The van der Waals surface area contributed by atoms with E-state index in [1.54, 1.807) is 30.5 Å². The maximum atomic E-state index is 13.9. The van der Waals surface area contributed by atoms with Crippen LogP contribution in [0.2, 0.25) is 0 Å². The van der Waals surface area contributed by atoms with Crippen LogP contribution in [0, 0.1) is 5.82 Å². The first-order valence-corrected chi connectivity index (χ1v) is 10.6. The summed E-state index contributed by atoms with van der Waals surface area (Å²) in [4.78, 5) is 8.55. The smallest absolute Gasteiger partial charge is 0.169 e. The van der Waals surface area contributed by atoms with Crippen molar-refractivity contribution in [3.63, 3.8) is 0 Å². The molecule has 2 unspecified atom stereocenters. The summed E-state index contributed by atoms with van der Waals surface area (Å²) < 4.78 is 13.9. The van der Waals surface area contributed by atoms with Crippen LogP contribution in [0.4, 0.5) is 21.6 Å². The van der Waals surface area contributed by atoms with Crippen molar-refractivity contribution in [3.8, 4) is 17.0 Å². The van der Waals surface area contributed by atoms with E-state index in [0.29, 0.717) is 30.2 Å². The van der Waals surface area contributed by atoms with Crippen molar-refractivity contribution in [2.45, 2.75) is 38.8 Å². The number of anilines is 3. The molecule has 4 rings (SSSR count). The molecule has 2 atom stereocenters. The number of pyridine rings is 1. The van der Waals surface area contributed by atoms with Crippen LogP contribution in [-0.2, 0) is 0 Å². The Balaban J connectivity index is 1.69. The Morgan fingerprint density at radius 2 is 1.77 bits per heavy atom. The number of phenols is 1. The van der Waals surface area contributed by atoms with Gasteiger partial charge in [-0.25, -0.2) is 4.39 Å². The number of halogens is 1. The number of nitrogens with two attached hydrogens (primary N) is 1. The number of nitrogen functional groups attached to an aromatic ring is 1. The Morgan fingerprint density at radius 1 is 1.06 bits per heavy atom. The molecule has 1 saturated heterocycles. The highest BCUT2D eigenvalue weighted by atomic mass is 19.1. The van der Waals surface area contributed by atoms with E-state index in [0.717, 1.165) is 24.2 Å². The van der Waals surface area contributed by atoms with Gasteiger partial charge in [-0.15, -0.1) is 10.2 Å². The van der Waals surface area contributed by atoms with Gasteiger partial charge in [-0.05, 0) is 31.0 Å². The van der Waals surface area contributed by atoms with Gasteiger partial charge < -0.3 is 20.6 Å². The van der Waals surface area contributed by atoms with Crippen LogP contribution < -0.4 is 15.5 Å². The van der Waals surface area contributed by atoms with Crippen LogP contribution in [0.3, 0.4) is 0 Å². The maximum absolute atomic E-state index is 13.9. The van der Waals surface area contributed by atoms with Gasteiger partial charge in [0.05, 0.1) is 29.5 Å². The molecule has 8 heteroatoms. The fourth-order valence-electron chi connectivity index (χ4n) is 4.34. The summed E-state index contributed by atoms with van der Waals surface area (Å²) in [6.45, 7) is 5.67. The van der Waals surface area contributed by atoms with Crippen LogP contribution in [0.25, 0.3) is 11.3 Å². The highest BCUT2D eigenvalue weighted by Crippen LogP contribution is 2.35. The van der Waals surface area contributed by atoms with Crippen molar-refractivity contribution in [3.05, 3.63) is 54.6 Å². The second-order valence-electron chi connectivity index (χ2n) is 7.81. The zero-order valence-electron chi connectivity index (χ0n) is 17.7. The van der Waals surface area contributed by atoms with Crippen molar-refractivity contribution in [1.82, 2.24) is 15.2 Å². The standard InChI is InChI=1S/C23H27FN6O/c1-3-16-13-29(14-17(4-2)30(16)18-9-15(24)11-26-12-18)21-10-20(27-28-23(21)25)19-7-5-6-8-22(19)31/h5-12,16-17,31H,3-4,13-14H2,1-2H3,(H2,25,28). The lowest BCUT2D eigenvalue weighted by Gasteiger charge is -2.48. The zero-order chi connectivity index (χ0) is 22.0. The third-order valence-corrected chi connectivity index (χ3v) is 5.90. The maximum Gasteiger partial charge on any atom is 0.169 e. The Labute approximate surface area is 181 Å². The molecule has 0 bridgehead atoms. The number of para-hydroxylation sites is 1. The third kappa shape index (κ3) is 4.10. The summed E-state index contributed by atoms with van der Waals surface area (Å²) in [5.41, 5.74) is 9.00. The van der Waals surface area contributed by atoms with Gasteiger partial charge in [-0.3, -0.25) is 4.98 Å². The number of hydrogen-bond acceptors (Lipinski definition) is 7. The Morgan fingerprint density at radius 3 is 2.42 bits per heavy atom. The average Bonchev–Trinajstić information content (AvgIpc) is 2.79. The van der Waals surface area contributed by atoms with E-state index in [4.69, 9.17) is 5.73 Å². The number of nitrogens with zero attached hydrogens (tertiary/aromatic N) is 5. The molecule has 3 heterocycles. The minimum atomic E-state index is -0.334. The molecule has 0 amide bonds. The Kier molecular flexibility index (Phi) is 5.88. The third-order valence-electron chi connectivity index (χ3n) is 5.90. The molecule has 3 N–H and O–H groups in total. The van der Waals surface area contributed by atoms with Gasteiger partial charge in [-0.1, -0.05) is 26.0 Å². The number of hydrogen-bond donors (Lipinski definition) is 2. The van der Waals surface area contributed by atoms with Gasteiger partial charge in [0, 0.05) is 36.8 Å². The van der Waals surface area contributed by atoms with Crippen molar-refractivity contribution in [2.24, 2.45) is 0 Å². The average molecular weight is 423 g/mol. The van der Waals surface area contributed by atoms with E-state index in [9.17, 15) is 9.50 Å². The Bertz CT molecular complexity index is 1050. The summed E-state index contributed by atoms with van der Waals surface area (Å²) in [5, 5.41) is 18.6. The van der Waals surface area contributed by atoms with Crippen LogP contribution in [0.15, 0.2) is 48.8 Å². The minimum absolute atomic E-state index is 0.147. The van der Waals surface area contributed by atoms with Crippen LogP contribution in [0.5, 0.6) is 5.75 Å². The lowest BCUT2D eigenvalue weighted by molar-refractivity contribution is 0.419. The molecule has 0 spiro atoms. The van der Waals surface area contributed by atoms with Crippen LogP contribution in [-0.4, -0.2) is 45.5 Å². The van der Waals surface area contributed by atoms with Crippen molar-refractivity contribution < 1.29 is 9.50 Å². The first kappa shape index (κ1) is 20.8. The van der Waals surface area contributed by atoms with E-state index in [-0.39, 0.29) is 23.7 Å². The molecule has 7 nitrogen and oxygen atoms in total. The van der Waals surface area contributed by atoms with Crippen LogP contribution in [0.1, 0.15) is 26.7 Å². The topological polar surface area (TPSA) is 91.4 Å². The quantitative estimate of drug-likeness (QED) is 0.645. The highest BCUT2D eigenvalue weighted by Gasteiger charge is 2.34. The summed E-state index contributed by atoms with van der Waals surface area (Å²) in [6, 6.07) is 10.8. The zero-order valence-corrected chi connectivity index (χ0v) is 17.7. The molecule has 2 aromatic heterocycles. The lowest BCUT2D eigenvalue weighted by Crippen LogP contribution is -2.59. The van der Waals surface area contributed by atoms with Crippen molar-refractivity contribution in [2.75, 3.05) is 28.6 Å². The first-order valence-electron chi connectivity index (χ1n) is 10.6. The minimum Gasteiger partial charge on any atom is -0.507 e. The lowest BCUT2D eigenvalue weighted by atomic mass is 10.00. The SMILES string of the molecule is CCC1CN(c2cc(-c3ccccc3O)nnc2N)CC(CC)N1c1cncc(F)c1. The first-order chi connectivity index (χ1) is 15.0. The number of aromatic hydroxyl groups is 1. The summed E-state index contributed by atoms with van der Waals surface area (Å²) in [5.74, 6) is 0.165. The number of phenolic OH excluding ortho intramolecular Hbond substituents is 1. The van der Waals surface area contributed by atoms with Gasteiger partial charge in [0.2, 0.25) is 0 Å². The molecular formula is C23H27FN6O. The van der Waals surface area contributed by atoms with Gasteiger partial charge in [0.1, 0.15) is 11.6 Å². The summed E-state index contributed by atoms with van der Waals surface area (Å²) >= 11 is 0. The number of aromatic nitrogens is 3. The van der Waals surface area contributed by atoms with E-state index >= 15 is 0 Å². The molecule has 0 saturated carbocycles. The predicted molar refractivity (Wildman–Crippen MR) is 121 cm³/mol. The van der Waals surface area contributed by atoms with E-state index in [2.05, 4.69) is 38.8 Å². The number of benzene rings is 1. The monoisotopic (exact) mass is 422 g/mol. The normalized spacial score (nSPS) is 18.9. The van der Waals surface area contributed by atoms with Gasteiger partial charge in [0.15, 0.2) is 5.82 Å². The fourth-order valence-corrected chi connectivity index (χ4v) is 4.34. The molecule has 0 aliphatic carbocycles. The van der Waals surface area contributed by atoms with Crippen molar-refractivity contribution >= 4 is 17.2 Å². The summed E-state index contributed by atoms with van der Waals surface area (Å²) in [7, 11) is 0. The number of rotatable bonds is 5. The molecule has 1 fully saturated rings. The second kappa shape index (κ2) is 8.75. The Hall–Kier alpha value is -3.42. The summed E-state index contributed by atoms with van der Waals surface area (Å²) in [6.07, 6.45) is 4.72. The molecule has 3 aromatic rings. The van der Waals surface area contributed by atoms with Gasteiger partial charge >= 0.3 is 0 Å². The van der Waals surface area contributed by atoms with Crippen LogP contribution >= 0.6 is 0 Å². The predicted octanol–water partition coefficient (Wildman–Crippen LogP) is 3.85. The van der Waals surface area contributed by atoms with Gasteiger partial charge in [0.25, 0.3) is 0 Å². The van der Waals surface area contributed by atoms with E-state index in [1.807, 2.05) is 12.1 Å². The molecule has 1 aromatic carbocycles. The van der Waals surface area contributed by atoms with Gasteiger partial charge in [-0.2, -0.15) is 0 Å². The molecular weight excluding hydrogens is 395 g/mol.